The second-order valence-electron chi connectivity index (χ2n) is 6.00. The Morgan fingerprint density at radius 2 is 2.25 bits per heavy atom. The van der Waals surface area contributed by atoms with Crippen molar-refractivity contribution in [3.05, 3.63) is 22.2 Å². The third-order valence-corrected chi connectivity index (χ3v) is 4.36. The van der Waals surface area contributed by atoms with Crippen molar-refractivity contribution in [2.45, 2.75) is 50.5 Å². The van der Waals surface area contributed by atoms with E-state index in [0.717, 1.165) is 44.0 Å². The van der Waals surface area contributed by atoms with Crippen LogP contribution >= 0.6 is 0 Å². The molecule has 0 bridgehead atoms. The van der Waals surface area contributed by atoms with E-state index in [4.69, 9.17) is 4.98 Å². The first kappa shape index (κ1) is 13.6. The Kier molecular flexibility index (Phi) is 4.05. The number of aromatic nitrogens is 2. The van der Waals surface area contributed by atoms with Gasteiger partial charge >= 0.3 is 0 Å². The molecule has 1 saturated heterocycles. The lowest BCUT2D eigenvalue weighted by Crippen LogP contribution is -2.42. The minimum atomic E-state index is -0.00478. The lowest BCUT2D eigenvalue weighted by Gasteiger charge is -2.36. The van der Waals surface area contributed by atoms with Gasteiger partial charge in [-0.1, -0.05) is 0 Å². The van der Waals surface area contributed by atoms with Crippen LogP contribution in [0.15, 0.2) is 10.9 Å². The highest BCUT2D eigenvalue weighted by Crippen LogP contribution is 2.38. The van der Waals surface area contributed by atoms with Crippen LogP contribution in [0.25, 0.3) is 0 Å². The third kappa shape index (κ3) is 3.03. The van der Waals surface area contributed by atoms with Gasteiger partial charge in [0.1, 0.15) is 11.6 Å². The average molecular weight is 276 g/mol. The van der Waals surface area contributed by atoms with Gasteiger partial charge < -0.3 is 15.2 Å². The van der Waals surface area contributed by atoms with Crippen molar-refractivity contribution in [1.82, 2.24) is 15.3 Å². The summed E-state index contributed by atoms with van der Waals surface area (Å²) < 4.78 is 0. The molecule has 0 amide bonds. The molecule has 1 atom stereocenters. The Morgan fingerprint density at radius 1 is 1.40 bits per heavy atom. The van der Waals surface area contributed by atoms with Crippen LogP contribution in [0.3, 0.4) is 0 Å². The highest BCUT2D eigenvalue weighted by molar-refractivity contribution is 5.40. The molecule has 5 nitrogen and oxygen atoms in total. The van der Waals surface area contributed by atoms with Crippen LogP contribution in [-0.2, 0) is 0 Å². The number of rotatable bonds is 5. The normalized spacial score (nSPS) is 23.1. The topological polar surface area (TPSA) is 61.0 Å². The monoisotopic (exact) mass is 276 g/mol. The van der Waals surface area contributed by atoms with Crippen LogP contribution in [0.1, 0.15) is 50.3 Å². The van der Waals surface area contributed by atoms with Crippen molar-refractivity contribution < 1.29 is 0 Å². The van der Waals surface area contributed by atoms with E-state index in [9.17, 15) is 4.79 Å². The maximum atomic E-state index is 11.9. The number of nitrogens with one attached hydrogen (secondary N) is 2. The van der Waals surface area contributed by atoms with E-state index in [1.807, 2.05) is 7.05 Å². The largest absolute Gasteiger partial charge is 0.353 e. The summed E-state index contributed by atoms with van der Waals surface area (Å²) in [7, 11) is 1.99. The van der Waals surface area contributed by atoms with Gasteiger partial charge in [0.05, 0.1) is 0 Å². The van der Waals surface area contributed by atoms with Gasteiger partial charge in [-0.15, -0.1) is 0 Å². The summed E-state index contributed by atoms with van der Waals surface area (Å²) in [5.74, 6) is 2.27. The van der Waals surface area contributed by atoms with E-state index in [1.54, 1.807) is 6.07 Å². The standard InChI is InChI=1S/C15H24N4O/c1-16-8-7-12-4-2-3-9-19(12)13-10-14(20)18-15(17-13)11-5-6-11/h10-12,16H,2-9H2,1H3,(H,17,18,20). The number of aromatic amines is 1. The summed E-state index contributed by atoms with van der Waals surface area (Å²) >= 11 is 0. The zero-order valence-electron chi connectivity index (χ0n) is 12.2. The molecule has 2 N–H and O–H groups in total. The second-order valence-corrected chi connectivity index (χ2v) is 6.00. The Labute approximate surface area is 119 Å². The molecule has 110 valence electrons. The first-order valence-corrected chi connectivity index (χ1v) is 7.80. The lowest BCUT2D eigenvalue weighted by molar-refractivity contribution is 0.430. The fraction of sp³-hybridized carbons (Fsp3) is 0.733. The molecule has 1 aromatic rings. The zero-order valence-corrected chi connectivity index (χ0v) is 12.2. The molecule has 20 heavy (non-hydrogen) atoms. The van der Waals surface area contributed by atoms with Gasteiger partial charge in [-0.2, -0.15) is 0 Å². The smallest absolute Gasteiger partial charge is 0.252 e. The van der Waals surface area contributed by atoms with Crippen molar-refractivity contribution in [2.24, 2.45) is 0 Å². The summed E-state index contributed by atoms with van der Waals surface area (Å²) in [6.45, 7) is 2.04. The average Bonchev–Trinajstić information content (AvgIpc) is 3.29. The van der Waals surface area contributed by atoms with Gasteiger partial charge in [0.2, 0.25) is 0 Å². The summed E-state index contributed by atoms with van der Waals surface area (Å²) in [6, 6.07) is 2.18. The highest BCUT2D eigenvalue weighted by atomic mass is 16.1. The molecule has 1 saturated carbocycles. The SMILES string of the molecule is CNCCC1CCCCN1c1cc(=O)[nH]c(C2CC2)n1. The molecule has 2 heterocycles. The van der Waals surface area contributed by atoms with Crippen molar-refractivity contribution >= 4 is 5.82 Å². The quantitative estimate of drug-likeness (QED) is 0.858. The summed E-state index contributed by atoms with van der Waals surface area (Å²) in [5, 5.41) is 3.22. The molecule has 2 fully saturated rings. The van der Waals surface area contributed by atoms with E-state index in [0.29, 0.717) is 12.0 Å². The van der Waals surface area contributed by atoms with Crippen LogP contribution in [-0.4, -0.2) is 36.1 Å². The molecule has 0 radical (unpaired) electrons. The maximum Gasteiger partial charge on any atom is 0.252 e. The van der Waals surface area contributed by atoms with Crippen LogP contribution in [0.4, 0.5) is 5.82 Å². The first-order chi connectivity index (χ1) is 9.78. The summed E-state index contributed by atoms with van der Waals surface area (Å²) in [5.41, 5.74) is -0.00478. The predicted octanol–water partition coefficient (Wildman–Crippen LogP) is 1.62. The van der Waals surface area contributed by atoms with Gasteiger partial charge in [0, 0.05) is 24.6 Å². The zero-order chi connectivity index (χ0) is 13.9. The molecule has 1 aliphatic carbocycles. The predicted molar refractivity (Wildman–Crippen MR) is 80.4 cm³/mol. The number of H-pyrrole nitrogens is 1. The van der Waals surface area contributed by atoms with Gasteiger partial charge in [-0.25, -0.2) is 4.98 Å². The van der Waals surface area contributed by atoms with Crippen molar-refractivity contribution in [3.8, 4) is 0 Å². The van der Waals surface area contributed by atoms with E-state index < -0.39 is 0 Å². The van der Waals surface area contributed by atoms with Crippen LogP contribution in [0.2, 0.25) is 0 Å². The number of hydrogen-bond donors (Lipinski definition) is 2. The molecule has 5 heteroatoms. The second kappa shape index (κ2) is 5.95. The van der Waals surface area contributed by atoms with Crippen molar-refractivity contribution in [2.75, 3.05) is 25.0 Å². The number of nitrogens with zero attached hydrogens (tertiary/aromatic N) is 2. The van der Waals surface area contributed by atoms with E-state index >= 15 is 0 Å². The fourth-order valence-corrected chi connectivity index (χ4v) is 3.07. The van der Waals surface area contributed by atoms with Crippen LogP contribution < -0.4 is 15.8 Å². The molecule has 0 aromatic carbocycles. The van der Waals surface area contributed by atoms with Crippen molar-refractivity contribution in [1.29, 1.82) is 0 Å². The van der Waals surface area contributed by atoms with E-state index in [2.05, 4.69) is 15.2 Å². The summed E-state index contributed by atoms with van der Waals surface area (Å²) in [6.07, 6.45) is 7.12. The third-order valence-electron chi connectivity index (χ3n) is 4.36. The minimum Gasteiger partial charge on any atom is -0.353 e. The summed E-state index contributed by atoms with van der Waals surface area (Å²) in [4.78, 5) is 21.8. The number of hydrogen-bond acceptors (Lipinski definition) is 4. The number of anilines is 1. The minimum absolute atomic E-state index is 0.00478. The Hall–Kier alpha value is -1.36. The van der Waals surface area contributed by atoms with Crippen molar-refractivity contribution in [3.63, 3.8) is 0 Å². The number of piperidine rings is 1. The Balaban J connectivity index is 1.83. The molecular weight excluding hydrogens is 252 g/mol. The maximum absolute atomic E-state index is 11.9. The lowest BCUT2D eigenvalue weighted by atomic mass is 9.99. The van der Waals surface area contributed by atoms with Crippen LogP contribution in [0, 0.1) is 0 Å². The molecule has 0 spiro atoms. The van der Waals surface area contributed by atoms with E-state index in [-0.39, 0.29) is 5.56 Å². The van der Waals surface area contributed by atoms with Gasteiger partial charge in [-0.3, -0.25) is 4.79 Å². The first-order valence-electron chi connectivity index (χ1n) is 7.80. The molecule has 1 unspecified atom stereocenters. The van der Waals surface area contributed by atoms with Gasteiger partial charge in [-0.05, 0) is 52.1 Å². The Bertz CT molecular complexity index is 509. The van der Waals surface area contributed by atoms with Gasteiger partial charge in [0.15, 0.2) is 0 Å². The molecule has 1 aliphatic heterocycles. The highest BCUT2D eigenvalue weighted by Gasteiger charge is 2.28. The molecule has 2 aliphatic rings. The Morgan fingerprint density at radius 3 is 3.00 bits per heavy atom. The molecule has 3 rings (SSSR count). The molecule has 1 aromatic heterocycles. The van der Waals surface area contributed by atoms with E-state index in [1.165, 1.54) is 19.3 Å². The van der Waals surface area contributed by atoms with Gasteiger partial charge in [0.25, 0.3) is 5.56 Å². The molecular formula is C15H24N4O. The van der Waals surface area contributed by atoms with Crippen LogP contribution in [0.5, 0.6) is 0 Å². The fourth-order valence-electron chi connectivity index (χ4n) is 3.07.